The molecular weight excluding hydrogens is 266 g/mol. The van der Waals surface area contributed by atoms with Gasteiger partial charge in [-0.3, -0.25) is 15.0 Å². The maximum atomic E-state index is 12.2. The molecule has 102 valence electrons. The SMILES string of the molecule is NNC(=O)C1CCN(C(=O)c2cccc(Cl)c2)CC1. The third-order valence-corrected chi connectivity index (χ3v) is 3.60. The van der Waals surface area contributed by atoms with Gasteiger partial charge < -0.3 is 4.90 Å². The lowest BCUT2D eigenvalue weighted by Gasteiger charge is -2.31. The summed E-state index contributed by atoms with van der Waals surface area (Å²) in [6, 6.07) is 6.88. The summed E-state index contributed by atoms with van der Waals surface area (Å²) in [6.07, 6.45) is 1.27. The van der Waals surface area contributed by atoms with Gasteiger partial charge in [0.25, 0.3) is 5.91 Å². The van der Waals surface area contributed by atoms with Crippen molar-refractivity contribution in [2.75, 3.05) is 13.1 Å². The molecule has 2 amide bonds. The zero-order valence-corrected chi connectivity index (χ0v) is 11.2. The molecule has 1 fully saturated rings. The van der Waals surface area contributed by atoms with Crippen molar-refractivity contribution >= 4 is 23.4 Å². The van der Waals surface area contributed by atoms with Gasteiger partial charge in [0.2, 0.25) is 5.91 Å². The highest BCUT2D eigenvalue weighted by Gasteiger charge is 2.27. The first-order valence-electron chi connectivity index (χ1n) is 6.17. The molecule has 1 aromatic carbocycles. The van der Waals surface area contributed by atoms with Gasteiger partial charge in [0.05, 0.1) is 0 Å². The normalized spacial score (nSPS) is 16.2. The van der Waals surface area contributed by atoms with E-state index in [2.05, 4.69) is 5.43 Å². The Labute approximate surface area is 116 Å². The number of hydrogen-bond acceptors (Lipinski definition) is 3. The summed E-state index contributed by atoms with van der Waals surface area (Å²) < 4.78 is 0. The van der Waals surface area contributed by atoms with Crippen LogP contribution in [0.15, 0.2) is 24.3 Å². The minimum atomic E-state index is -0.158. The zero-order valence-electron chi connectivity index (χ0n) is 10.4. The number of carbonyl (C=O) groups is 2. The summed E-state index contributed by atoms with van der Waals surface area (Å²) in [5.41, 5.74) is 2.74. The summed E-state index contributed by atoms with van der Waals surface area (Å²) in [5, 5.41) is 0.545. The molecule has 0 atom stereocenters. The Bertz CT molecular complexity index is 485. The summed E-state index contributed by atoms with van der Waals surface area (Å²) in [5.74, 6) is 4.80. The fourth-order valence-electron chi connectivity index (χ4n) is 2.27. The van der Waals surface area contributed by atoms with Crippen LogP contribution >= 0.6 is 11.6 Å². The number of halogens is 1. The monoisotopic (exact) mass is 281 g/mol. The molecule has 0 saturated carbocycles. The summed E-state index contributed by atoms with van der Waals surface area (Å²) >= 11 is 5.87. The number of nitrogens with one attached hydrogen (secondary N) is 1. The maximum Gasteiger partial charge on any atom is 0.253 e. The third kappa shape index (κ3) is 3.24. The molecule has 0 spiro atoms. The fraction of sp³-hybridized carbons (Fsp3) is 0.385. The van der Waals surface area contributed by atoms with E-state index in [4.69, 9.17) is 17.4 Å². The molecule has 3 N–H and O–H groups in total. The summed E-state index contributed by atoms with van der Waals surface area (Å²) in [7, 11) is 0. The largest absolute Gasteiger partial charge is 0.339 e. The van der Waals surface area contributed by atoms with Gasteiger partial charge in [-0.15, -0.1) is 0 Å². The Hall–Kier alpha value is -1.59. The maximum absolute atomic E-state index is 12.2. The number of likely N-dealkylation sites (tertiary alicyclic amines) is 1. The molecular formula is C13H16ClN3O2. The molecule has 1 aliphatic heterocycles. The topological polar surface area (TPSA) is 75.4 Å². The van der Waals surface area contributed by atoms with Crippen molar-refractivity contribution in [2.24, 2.45) is 11.8 Å². The van der Waals surface area contributed by atoms with Crippen LogP contribution < -0.4 is 11.3 Å². The van der Waals surface area contributed by atoms with Gasteiger partial charge in [-0.25, -0.2) is 5.84 Å². The average molecular weight is 282 g/mol. The van der Waals surface area contributed by atoms with E-state index < -0.39 is 0 Å². The quantitative estimate of drug-likeness (QED) is 0.486. The standard InChI is InChI=1S/C13H16ClN3O2/c14-11-3-1-2-10(8-11)13(19)17-6-4-9(5-7-17)12(18)16-15/h1-3,8-9H,4-7,15H2,(H,16,18). The van der Waals surface area contributed by atoms with Crippen molar-refractivity contribution in [1.82, 2.24) is 10.3 Å². The van der Waals surface area contributed by atoms with Crippen molar-refractivity contribution in [3.05, 3.63) is 34.9 Å². The molecule has 1 saturated heterocycles. The minimum absolute atomic E-state index is 0.0471. The van der Waals surface area contributed by atoms with Gasteiger partial charge >= 0.3 is 0 Å². The number of piperidine rings is 1. The highest BCUT2D eigenvalue weighted by Crippen LogP contribution is 2.20. The minimum Gasteiger partial charge on any atom is -0.339 e. The average Bonchev–Trinajstić information content (AvgIpc) is 2.46. The molecule has 0 radical (unpaired) electrons. The molecule has 0 aliphatic carbocycles. The van der Waals surface area contributed by atoms with Crippen molar-refractivity contribution < 1.29 is 9.59 Å². The molecule has 5 nitrogen and oxygen atoms in total. The van der Waals surface area contributed by atoms with Crippen molar-refractivity contribution in [3.8, 4) is 0 Å². The fourth-order valence-corrected chi connectivity index (χ4v) is 2.46. The molecule has 0 bridgehead atoms. The number of carbonyl (C=O) groups excluding carboxylic acids is 2. The first-order chi connectivity index (χ1) is 9.11. The van der Waals surface area contributed by atoms with Crippen molar-refractivity contribution in [2.45, 2.75) is 12.8 Å². The van der Waals surface area contributed by atoms with Crippen LogP contribution in [0.4, 0.5) is 0 Å². The Kier molecular flexibility index (Phi) is 4.39. The second kappa shape index (κ2) is 6.04. The Morgan fingerprint density at radius 2 is 2.00 bits per heavy atom. The number of amides is 2. The molecule has 1 aliphatic rings. The van der Waals surface area contributed by atoms with E-state index in [1.54, 1.807) is 29.2 Å². The van der Waals surface area contributed by atoms with E-state index in [-0.39, 0.29) is 17.7 Å². The first kappa shape index (κ1) is 13.8. The van der Waals surface area contributed by atoms with E-state index in [1.807, 2.05) is 0 Å². The smallest absolute Gasteiger partial charge is 0.253 e. The zero-order chi connectivity index (χ0) is 13.8. The molecule has 2 rings (SSSR count). The summed E-state index contributed by atoms with van der Waals surface area (Å²) in [4.78, 5) is 25.4. The van der Waals surface area contributed by atoms with Crippen LogP contribution in [0, 0.1) is 5.92 Å². The molecule has 1 heterocycles. The Morgan fingerprint density at radius 3 is 2.58 bits per heavy atom. The van der Waals surface area contributed by atoms with Crippen LogP contribution in [0.1, 0.15) is 23.2 Å². The number of nitrogens with zero attached hydrogens (tertiary/aromatic N) is 1. The van der Waals surface area contributed by atoms with E-state index in [0.717, 1.165) is 0 Å². The van der Waals surface area contributed by atoms with E-state index in [9.17, 15) is 9.59 Å². The predicted molar refractivity (Wildman–Crippen MR) is 72.4 cm³/mol. The van der Waals surface area contributed by atoms with Crippen molar-refractivity contribution in [1.29, 1.82) is 0 Å². The van der Waals surface area contributed by atoms with Crippen LogP contribution in [-0.2, 0) is 4.79 Å². The lowest BCUT2D eigenvalue weighted by molar-refractivity contribution is -0.126. The molecule has 6 heteroatoms. The van der Waals surface area contributed by atoms with Crippen LogP contribution in [0.2, 0.25) is 5.02 Å². The van der Waals surface area contributed by atoms with Crippen LogP contribution in [0.3, 0.4) is 0 Å². The molecule has 1 aromatic rings. The van der Waals surface area contributed by atoms with E-state index >= 15 is 0 Å². The number of hydrogen-bond donors (Lipinski definition) is 2. The Balaban J connectivity index is 1.98. The van der Waals surface area contributed by atoms with Gasteiger partial charge in [-0.05, 0) is 31.0 Å². The molecule has 19 heavy (non-hydrogen) atoms. The highest BCUT2D eigenvalue weighted by atomic mass is 35.5. The lowest BCUT2D eigenvalue weighted by Crippen LogP contribution is -2.44. The van der Waals surface area contributed by atoms with Crippen LogP contribution in [-0.4, -0.2) is 29.8 Å². The number of hydrazine groups is 1. The predicted octanol–water partition coefficient (Wildman–Crippen LogP) is 1.18. The van der Waals surface area contributed by atoms with E-state index in [1.165, 1.54) is 0 Å². The van der Waals surface area contributed by atoms with Gasteiger partial charge in [0, 0.05) is 29.6 Å². The lowest BCUT2D eigenvalue weighted by atomic mass is 9.95. The van der Waals surface area contributed by atoms with Gasteiger partial charge in [-0.2, -0.15) is 0 Å². The van der Waals surface area contributed by atoms with E-state index in [0.29, 0.717) is 36.5 Å². The van der Waals surface area contributed by atoms with Gasteiger partial charge in [0.1, 0.15) is 0 Å². The van der Waals surface area contributed by atoms with Gasteiger partial charge in [0.15, 0.2) is 0 Å². The second-order valence-electron chi connectivity index (χ2n) is 4.59. The van der Waals surface area contributed by atoms with Crippen molar-refractivity contribution in [3.63, 3.8) is 0 Å². The van der Waals surface area contributed by atoms with Crippen LogP contribution in [0.5, 0.6) is 0 Å². The number of benzene rings is 1. The molecule has 0 unspecified atom stereocenters. The van der Waals surface area contributed by atoms with Crippen LogP contribution in [0.25, 0.3) is 0 Å². The van der Waals surface area contributed by atoms with Gasteiger partial charge in [-0.1, -0.05) is 17.7 Å². The second-order valence-corrected chi connectivity index (χ2v) is 5.02. The Morgan fingerprint density at radius 1 is 1.32 bits per heavy atom. The third-order valence-electron chi connectivity index (χ3n) is 3.37. The number of rotatable bonds is 2. The molecule has 0 aromatic heterocycles. The first-order valence-corrected chi connectivity index (χ1v) is 6.55. The summed E-state index contributed by atoms with van der Waals surface area (Å²) in [6.45, 7) is 1.12. The number of nitrogens with two attached hydrogens (primary N) is 1. The highest BCUT2D eigenvalue weighted by molar-refractivity contribution is 6.30.